The molecule has 3 amide bonds. The van der Waals surface area contributed by atoms with E-state index in [0.717, 1.165) is 11.4 Å². The highest BCUT2D eigenvalue weighted by atomic mass is 16.6. The molecule has 0 aliphatic carbocycles. The van der Waals surface area contributed by atoms with Gasteiger partial charge in [0.1, 0.15) is 11.8 Å². The highest BCUT2D eigenvalue weighted by Gasteiger charge is 2.36. The first-order valence-corrected chi connectivity index (χ1v) is 11.4. The summed E-state index contributed by atoms with van der Waals surface area (Å²) in [6.45, 7) is 2.86. The van der Waals surface area contributed by atoms with E-state index in [9.17, 15) is 24.5 Å². The van der Waals surface area contributed by atoms with Gasteiger partial charge in [-0.2, -0.15) is 0 Å². The van der Waals surface area contributed by atoms with Crippen molar-refractivity contribution in [2.75, 3.05) is 51.3 Å². The number of methoxy groups -OCH3 is 1. The molecule has 1 N–H and O–H groups in total. The number of carbonyl (C=O) groups excluding carboxylic acids is 3. The second kappa shape index (κ2) is 10.4. The van der Waals surface area contributed by atoms with Gasteiger partial charge in [0, 0.05) is 62.7 Å². The standard InChI is InChI=1S/C24H27N5O6/c1-35-20-8-6-18(7-9-20)26-12-14-27(15-13-26)22(30)16-21-23(31)25-10-11-28(21)24(32)17-2-4-19(5-3-17)29(33)34/h2-9,21H,10-16H2,1H3,(H,25,31)/t21-/m1/s1. The highest BCUT2D eigenvalue weighted by molar-refractivity contribution is 5.99. The molecular formula is C24H27N5O6. The number of nitrogens with zero attached hydrogens (tertiary/aromatic N) is 4. The van der Waals surface area contributed by atoms with E-state index in [1.54, 1.807) is 12.0 Å². The summed E-state index contributed by atoms with van der Waals surface area (Å²) < 4.78 is 5.20. The van der Waals surface area contributed by atoms with Crippen LogP contribution in [0.3, 0.4) is 0 Å². The van der Waals surface area contributed by atoms with E-state index in [2.05, 4.69) is 10.2 Å². The van der Waals surface area contributed by atoms with E-state index in [0.29, 0.717) is 26.2 Å². The van der Waals surface area contributed by atoms with Gasteiger partial charge in [-0.1, -0.05) is 0 Å². The van der Waals surface area contributed by atoms with Gasteiger partial charge < -0.3 is 24.8 Å². The summed E-state index contributed by atoms with van der Waals surface area (Å²) in [7, 11) is 1.62. The van der Waals surface area contributed by atoms with E-state index in [-0.39, 0.29) is 42.6 Å². The van der Waals surface area contributed by atoms with E-state index in [1.807, 2.05) is 24.3 Å². The number of ether oxygens (including phenoxy) is 1. The number of carbonyl (C=O) groups is 3. The van der Waals surface area contributed by atoms with E-state index < -0.39 is 16.9 Å². The summed E-state index contributed by atoms with van der Waals surface area (Å²) in [5, 5.41) is 13.6. The van der Waals surface area contributed by atoms with Crippen LogP contribution in [0.25, 0.3) is 0 Å². The lowest BCUT2D eigenvalue weighted by Crippen LogP contribution is -2.59. The van der Waals surface area contributed by atoms with Gasteiger partial charge in [0.2, 0.25) is 11.8 Å². The summed E-state index contributed by atoms with van der Waals surface area (Å²) in [5.41, 5.74) is 1.15. The average molecular weight is 482 g/mol. The summed E-state index contributed by atoms with van der Waals surface area (Å²) in [5.74, 6) is -0.224. The molecular weight excluding hydrogens is 454 g/mol. The Kier molecular flexibility index (Phi) is 7.14. The monoisotopic (exact) mass is 481 g/mol. The van der Waals surface area contributed by atoms with E-state index in [4.69, 9.17) is 4.74 Å². The number of anilines is 1. The number of piperazine rings is 2. The molecule has 2 aliphatic rings. The van der Waals surface area contributed by atoms with Crippen molar-refractivity contribution in [1.29, 1.82) is 0 Å². The predicted octanol–water partition coefficient (Wildman–Crippen LogP) is 1.28. The summed E-state index contributed by atoms with van der Waals surface area (Å²) >= 11 is 0. The number of hydrogen-bond acceptors (Lipinski definition) is 7. The number of nitro benzene ring substituents is 1. The van der Waals surface area contributed by atoms with Crippen LogP contribution in [0.5, 0.6) is 5.75 Å². The lowest BCUT2D eigenvalue weighted by atomic mass is 10.0. The Morgan fingerprint density at radius 1 is 1.03 bits per heavy atom. The fourth-order valence-corrected chi connectivity index (χ4v) is 4.35. The topological polar surface area (TPSA) is 125 Å². The van der Waals surface area contributed by atoms with Crippen molar-refractivity contribution in [1.82, 2.24) is 15.1 Å². The molecule has 4 rings (SSSR count). The predicted molar refractivity (Wildman–Crippen MR) is 127 cm³/mol. The smallest absolute Gasteiger partial charge is 0.269 e. The Bertz CT molecular complexity index is 1100. The molecule has 1 atom stereocenters. The van der Waals surface area contributed by atoms with Crippen LogP contribution in [-0.4, -0.2) is 84.9 Å². The van der Waals surface area contributed by atoms with Gasteiger partial charge >= 0.3 is 0 Å². The third kappa shape index (κ3) is 5.34. The second-order valence-corrected chi connectivity index (χ2v) is 8.38. The molecule has 0 radical (unpaired) electrons. The normalized spacial score (nSPS) is 18.1. The molecule has 0 unspecified atom stereocenters. The first-order chi connectivity index (χ1) is 16.9. The maximum Gasteiger partial charge on any atom is 0.269 e. The SMILES string of the molecule is COc1ccc(N2CCN(C(=O)C[C@@H]3C(=O)NCCN3C(=O)c3ccc([N+](=O)[O-])cc3)CC2)cc1. The lowest BCUT2D eigenvalue weighted by Gasteiger charge is -2.39. The van der Waals surface area contributed by atoms with Crippen molar-refractivity contribution >= 4 is 29.1 Å². The zero-order chi connectivity index (χ0) is 24.9. The average Bonchev–Trinajstić information content (AvgIpc) is 2.89. The highest BCUT2D eigenvalue weighted by Crippen LogP contribution is 2.22. The number of amides is 3. The van der Waals surface area contributed by atoms with Crippen LogP contribution in [0.15, 0.2) is 48.5 Å². The molecule has 2 aliphatic heterocycles. The number of rotatable bonds is 6. The van der Waals surface area contributed by atoms with Gasteiger partial charge in [0.25, 0.3) is 11.6 Å². The van der Waals surface area contributed by atoms with E-state index in [1.165, 1.54) is 29.2 Å². The molecule has 2 aromatic rings. The molecule has 184 valence electrons. The van der Waals surface area contributed by atoms with Gasteiger partial charge in [-0.25, -0.2) is 0 Å². The number of non-ortho nitro benzene ring substituents is 1. The van der Waals surface area contributed by atoms with Crippen molar-refractivity contribution in [3.63, 3.8) is 0 Å². The molecule has 0 saturated carbocycles. The molecule has 0 aromatic heterocycles. The second-order valence-electron chi connectivity index (χ2n) is 8.38. The maximum absolute atomic E-state index is 13.1. The molecule has 2 saturated heterocycles. The Morgan fingerprint density at radius 2 is 1.69 bits per heavy atom. The van der Waals surface area contributed by atoms with E-state index >= 15 is 0 Å². The third-order valence-electron chi connectivity index (χ3n) is 6.35. The minimum atomic E-state index is -0.932. The summed E-state index contributed by atoms with van der Waals surface area (Å²) in [6.07, 6.45) is -0.118. The van der Waals surface area contributed by atoms with Crippen LogP contribution < -0.4 is 15.0 Å². The first-order valence-electron chi connectivity index (χ1n) is 11.4. The van der Waals surface area contributed by atoms with Crippen LogP contribution in [0.4, 0.5) is 11.4 Å². The van der Waals surface area contributed by atoms with Crippen LogP contribution in [0, 0.1) is 10.1 Å². The molecule has 11 nitrogen and oxygen atoms in total. The Balaban J connectivity index is 1.38. The zero-order valence-corrected chi connectivity index (χ0v) is 19.4. The zero-order valence-electron chi connectivity index (χ0n) is 19.4. The van der Waals surface area contributed by atoms with Crippen molar-refractivity contribution in [3.8, 4) is 5.75 Å². The van der Waals surface area contributed by atoms with Gasteiger partial charge in [0.05, 0.1) is 18.5 Å². The number of nitrogens with one attached hydrogen (secondary N) is 1. The largest absolute Gasteiger partial charge is 0.497 e. The summed E-state index contributed by atoms with van der Waals surface area (Å²) in [4.78, 5) is 54.4. The van der Waals surface area contributed by atoms with Crippen LogP contribution in [-0.2, 0) is 9.59 Å². The molecule has 11 heteroatoms. The van der Waals surface area contributed by atoms with Crippen molar-refractivity contribution in [2.24, 2.45) is 0 Å². The van der Waals surface area contributed by atoms with Gasteiger partial charge in [-0.15, -0.1) is 0 Å². The first kappa shape index (κ1) is 24.0. The van der Waals surface area contributed by atoms with Crippen LogP contribution >= 0.6 is 0 Å². The molecule has 2 fully saturated rings. The summed E-state index contributed by atoms with van der Waals surface area (Å²) in [6, 6.07) is 12.0. The Morgan fingerprint density at radius 3 is 2.29 bits per heavy atom. The Hall–Kier alpha value is -4.15. The number of nitro groups is 1. The third-order valence-corrected chi connectivity index (χ3v) is 6.35. The molecule has 35 heavy (non-hydrogen) atoms. The molecule has 0 spiro atoms. The molecule has 0 bridgehead atoms. The van der Waals surface area contributed by atoms with Crippen molar-refractivity contribution in [3.05, 3.63) is 64.2 Å². The van der Waals surface area contributed by atoms with Crippen molar-refractivity contribution in [2.45, 2.75) is 12.5 Å². The number of benzene rings is 2. The fourth-order valence-electron chi connectivity index (χ4n) is 4.35. The van der Waals surface area contributed by atoms with Gasteiger partial charge in [-0.3, -0.25) is 24.5 Å². The minimum Gasteiger partial charge on any atom is -0.497 e. The number of hydrogen-bond donors (Lipinski definition) is 1. The fraction of sp³-hybridized carbons (Fsp3) is 0.375. The maximum atomic E-state index is 13.1. The molecule has 2 heterocycles. The van der Waals surface area contributed by atoms with Crippen molar-refractivity contribution < 1.29 is 24.0 Å². The molecule has 2 aromatic carbocycles. The Labute approximate surface area is 202 Å². The van der Waals surface area contributed by atoms with Gasteiger partial charge in [0.15, 0.2) is 0 Å². The van der Waals surface area contributed by atoms with Crippen LogP contribution in [0.2, 0.25) is 0 Å². The minimum absolute atomic E-state index is 0.118. The van der Waals surface area contributed by atoms with Crippen LogP contribution in [0.1, 0.15) is 16.8 Å². The lowest BCUT2D eigenvalue weighted by molar-refractivity contribution is -0.384. The quantitative estimate of drug-likeness (QED) is 0.487. The van der Waals surface area contributed by atoms with Gasteiger partial charge in [-0.05, 0) is 36.4 Å².